The highest BCUT2D eigenvalue weighted by molar-refractivity contribution is 9.10. The number of Topliss-reactive ketones (excluding diaryl/α,β-unsaturated/α-hetero) is 2. The molecule has 0 amide bonds. The van der Waals surface area contributed by atoms with Crippen LogP contribution < -0.4 is 60.5 Å². The highest BCUT2D eigenvalue weighted by Gasteiger charge is 2.26. The number of hydrogen-bond acceptors (Lipinski definition) is 33. The van der Waals surface area contributed by atoms with E-state index in [2.05, 4.69) is 102 Å². The average Bonchev–Trinajstić information content (AvgIpc) is 0.825. The van der Waals surface area contributed by atoms with Gasteiger partial charge < -0.3 is 95.1 Å². The van der Waals surface area contributed by atoms with E-state index >= 15 is 0 Å². The number of carboxylic acid groups (broad SMARTS) is 4. The number of hydrogen-bond donors (Lipinski definition) is 8. The van der Waals surface area contributed by atoms with E-state index in [0.29, 0.717) is 162 Å². The largest absolute Gasteiger partial charge is 0.478 e. The van der Waals surface area contributed by atoms with Gasteiger partial charge in [-0.25, -0.2) is 33.6 Å². The zero-order valence-corrected chi connectivity index (χ0v) is 71.4. The van der Waals surface area contributed by atoms with Gasteiger partial charge in [0.25, 0.3) is 0 Å². The second-order valence-corrected chi connectivity index (χ2v) is 29.2. The van der Waals surface area contributed by atoms with Crippen molar-refractivity contribution in [1.82, 2.24) is 66.1 Å². The Bertz CT molecular complexity index is 4600. The van der Waals surface area contributed by atoms with Crippen LogP contribution in [-0.4, -0.2) is 296 Å². The Balaban J connectivity index is 0.000000221. The van der Waals surface area contributed by atoms with E-state index in [4.69, 9.17) is 14.2 Å². The highest BCUT2D eigenvalue weighted by atomic mass is 79.9. The van der Waals surface area contributed by atoms with Gasteiger partial charge in [0.2, 0.25) is 0 Å². The van der Waals surface area contributed by atoms with Crippen LogP contribution in [-0.2, 0) is 14.2 Å². The third-order valence-electron chi connectivity index (χ3n) is 19.8. The van der Waals surface area contributed by atoms with Crippen LogP contribution in [0, 0.1) is 0 Å². The van der Waals surface area contributed by atoms with Crippen LogP contribution in [0.5, 0.6) is 0 Å². The van der Waals surface area contributed by atoms with Crippen molar-refractivity contribution in [1.29, 1.82) is 0 Å². The van der Waals surface area contributed by atoms with Crippen LogP contribution in [0.4, 0.5) is 45.5 Å². The zero-order valence-electron chi connectivity index (χ0n) is 69.8. The number of esters is 3. The number of ether oxygens (including phenoxy) is 3. The van der Waals surface area contributed by atoms with Crippen LogP contribution >= 0.6 is 15.9 Å². The Kier molecular flexibility index (Phi) is 37.8. The lowest BCUT2D eigenvalue weighted by atomic mass is 10.1. The molecule has 9 aromatic heterocycles. The minimum Gasteiger partial charge on any atom is -0.478 e. The molecule has 0 bridgehead atoms. The molecule has 9 aromatic rings. The van der Waals surface area contributed by atoms with Crippen molar-refractivity contribution in [2.24, 2.45) is 0 Å². The molecule has 37 nitrogen and oxygen atoms in total. The number of aromatic nitrogens is 9. The first kappa shape index (κ1) is 94.5. The summed E-state index contributed by atoms with van der Waals surface area (Å²) in [7, 11) is 0. The lowest BCUT2D eigenvalue weighted by molar-refractivity contribution is 0.0516. The number of ketones is 2. The van der Waals surface area contributed by atoms with Crippen molar-refractivity contribution in [3.63, 3.8) is 0 Å². The molecule has 0 unspecified atom stereocenters. The number of nitrogens with zero attached hydrogens (tertiary/aromatic N) is 17. The number of anilines is 8. The van der Waals surface area contributed by atoms with Gasteiger partial charge in [0.05, 0.1) is 154 Å². The first-order chi connectivity index (χ1) is 60.0. The fraction of sp³-hybridized carbons (Fsp3) is 0.372. The van der Waals surface area contributed by atoms with E-state index in [1.807, 2.05) is 31.7 Å². The van der Waals surface area contributed by atoms with Gasteiger partial charge in [-0.2, -0.15) is 0 Å². The number of halogens is 1. The molecule has 124 heavy (non-hydrogen) atoms. The standard InChI is InChI=1S/C38H44N8O6.C32H32N8O8.C8H8BrNO2.C8H20N4/c1-5-51-37(49)31-17-35(25-41-21-31)45-11-9-43(33-15-29(27(3)47)19-39-23-33)7-8-44(34-16-30(28(4)48)20-40-24-34)10-12-46(14-13-45)36-18-32(22-42-26-36)38(50)52-6-2;41-29(42)21-9-25(17-33-13-21)37-1-2-38(26-10-22(30(43)44)14-34-18-26)5-6-40(28-12-24(32(47)48)16-36-20-28)8-7-39(4-3-37)27-11-23(31(45)46)15-35-19-27;1-2-12-8(11)6-3-7(9)5-10-4-6;1-2-10-5-6-12-8-7-11-4-3-9-1/h15-26H,5-14H2,1-4H3;9-20H,1-8H2,(H,41,42)(H,43,44)(H,45,46)(H,47,48);3-5H,2H2,1H3;9-12H,1-8H2. The van der Waals surface area contributed by atoms with Crippen molar-refractivity contribution in [2.45, 2.75) is 34.6 Å². The van der Waals surface area contributed by atoms with Gasteiger partial charge in [-0.15, -0.1) is 0 Å². The molecule has 656 valence electrons. The summed E-state index contributed by atoms with van der Waals surface area (Å²) in [5, 5.41) is 51.9. The molecule has 8 N–H and O–H groups in total. The SMILES string of the molecule is C1CNCCNCCNCCN1.CCOC(=O)c1cncc(Br)c1.CCOC(=O)c1cncc(N2CCN(c3cncc(C(C)=O)c3)CCN(c3cncc(C(C)=O)c3)CCN(c3cncc(C(=O)OCC)c3)CC2)c1.O=C(O)c1cncc(N2CCN(c3cncc(C(=O)O)c3)CCN(c3cncc(C(=O)O)c3)CCN(c3cncc(C(=O)O)c3)CC2)c1. The predicted octanol–water partition coefficient (Wildman–Crippen LogP) is 7.14. The molecule has 0 saturated carbocycles. The van der Waals surface area contributed by atoms with E-state index < -0.39 is 35.8 Å². The fourth-order valence-corrected chi connectivity index (χ4v) is 13.5. The summed E-state index contributed by atoms with van der Waals surface area (Å²) in [6.45, 7) is 24.9. The van der Waals surface area contributed by atoms with Crippen LogP contribution in [0.2, 0.25) is 0 Å². The Morgan fingerprint density at radius 3 is 0.605 bits per heavy atom. The Morgan fingerprint density at radius 2 is 0.427 bits per heavy atom. The first-order valence-corrected chi connectivity index (χ1v) is 41.3. The van der Waals surface area contributed by atoms with Gasteiger partial charge >= 0.3 is 41.8 Å². The highest BCUT2D eigenvalue weighted by Crippen LogP contribution is 2.27. The molecular formula is C86H104BrN21O16. The topological polar surface area (TPSA) is 452 Å². The number of pyridine rings is 9. The summed E-state index contributed by atoms with van der Waals surface area (Å²) < 4.78 is 16.1. The summed E-state index contributed by atoms with van der Waals surface area (Å²) in [4.78, 5) is 163. The Labute approximate surface area is 726 Å². The molecule has 12 heterocycles. The summed E-state index contributed by atoms with van der Waals surface area (Å²) in [5.74, 6) is -5.92. The molecule has 0 radical (unpaired) electrons. The Morgan fingerprint density at radius 1 is 0.266 bits per heavy atom. The van der Waals surface area contributed by atoms with Gasteiger partial charge in [-0.05, 0) is 105 Å². The minimum absolute atomic E-state index is 0.0110. The van der Waals surface area contributed by atoms with Gasteiger partial charge in [0.15, 0.2) is 11.6 Å². The van der Waals surface area contributed by atoms with E-state index in [1.54, 1.807) is 107 Å². The third kappa shape index (κ3) is 29.8. The quantitative estimate of drug-likeness (QED) is 0.0213. The summed E-state index contributed by atoms with van der Waals surface area (Å²) in [5.41, 5.74) is 7.52. The van der Waals surface area contributed by atoms with Crippen molar-refractivity contribution < 1.29 is 77.8 Å². The van der Waals surface area contributed by atoms with Crippen molar-refractivity contribution in [3.8, 4) is 0 Å². The van der Waals surface area contributed by atoms with Gasteiger partial charge in [0, 0.05) is 235 Å². The molecule has 3 saturated heterocycles. The van der Waals surface area contributed by atoms with Crippen molar-refractivity contribution in [2.75, 3.05) is 216 Å². The van der Waals surface area contributed by atoms with E-state index in [1.165, 1.54) is 81.5 Å². The first-order valence-electron chi connectivity index (χ1n) is 40.5. The summed E-state index contributed by atoms with van der Waals surface area (Å²) in [6, 6.07) is 15.0. The normalized spacial score (nSPS) is 14.8. The number of aromatic carboxylic acids is 4. The molecule has 0 atom stereocenters. The molecule has 38 heteroatoms. The molecule has 0 aromatic carbocycles. The predicted molar refractivity (Wildman–Crippen MR) is 471 cm³/mol. The number of rotatable bonds is 20. The summed E-state index contributed by atoms with van der Waals surface area (Å²) in [6.07, 6.45) is 27.4. The number of carbonyl (C=O) groups excluding carboxylic acids is 5. The molecule has 3 aliphatic heterocycles. The van der Waals surface area contributed by atoms with Crippen LogP contribution in [0.15, 0.2) is 171 Å². The van der Waals surface area contributed by atoms with Crippen LogP contribution in [0.3, 0.4) is 0 Å². The fourth-order valence-electron chi connectivity index (χ4n) is 13.1. The van der Waals surface area contributed by atoms with Crippen LogP contribution in [0.1, 0.15) is 128 Å². The van der Waals surface area contributed by atoms with Crippen molar-refractivity contribution >= 4 is 115 Å². The second kappa shape index (κ2) is 49.6. The molecule has 3 fully saturated rings. The van der Waals surface area contributed by atoms with Gasteiger partial charge in [-0.3, -0.25) is 54.4 Å². The van der Waals surface area contributed by atoms with Crippen molar-refractivity contribution in [3.05, 3.63) is 221 Å². The minimum atomic E-state index is -1.13. The molecule has 0 spiro atoms. The second-order valence-electron chi connectivity index (χ2n) is 28.2. The lowest BCUT2D eigenvalue weighted by Crippen LogP contribution is -2.46. The third-order valence-corrected chi connectivity index (χ3v) is 20.2. The molecule has 12 rings (SSSR count). The van der Waals surface area contributed by atoms with Gasteiger partial charge in [-0.1, -0.05) is 0 Å². The maximum atomic E-state index is 12.7. The van der Waals surface area contributed by atoms with E-state index in [0.717, 1.165) is 79.6 Å². The van der Waals surface area contributed by atoms with Crippen LogP contribution in [0.25, 0.3) is 0 Å². The monoisotopic (exact) mass is 1770 g/mol. The van der Waals surface area contributed by atoms with Gasteiger partial charge in [0.1, 0.15) is 0 Å². The smallest absolute Gasteiger partial charge is 0.339 e. The van der Waals surface area contributed by atoms with E-state index in [-0.39, 0.29) is 53.0 Å². The maximum absolute atomic E-state index is 12.7. The number of carboxylic acids is 4. The number of carbonyl (C=O) groups is 9. The zero-order chi connectivity index (χ0) is 88.7. The average molecular weight is 1770 g/mol. The Hall–Kier alpha value is -13.3. The molecule has 0 aliphatic carbocycles. The number of nitrogens with one attached hydrogen (secondary N) is 4. The molecular weight excluding hydrogens is 1660 g/mol. The molecule has 3 aliphatic rings. The maximum Gasteiger partial charge on any atom is 0.339 e. The van der Waals surface area contributed by atoms with E-state index in [9.17, 15) is 63.6 Å². The lowest BCUT2D eigenvalue weighted by Gasteiger charge is -2.37. The summed E-state index contributed by atoms with van der Waals surface area (Å²) >= 11 is 3.21.